The van der Waals surface area contributed by atoms with Gasteiger partial charge in [-0.2, -0.15) is 0 Å². The molecule has 1 aromatic carbocycles. The van der Waals surface area contributed by atoms with Crippen LogP contribution in [0.5, 0.6) is 0 Å². The summed E-state index contributed by atoms with van der Waals surface area (Å²) in [5, 5.41) is 9.12. The Kier molecular flexibility index (Phi) is 3.90. The van der Waals surface area contributed by atoms with Crippen molar-refractivity contribution in [3.8, 4) is 0 Å². The molecule has 0 radical (unpaired) electrons. The SMILES string of the molecule is CC(CN1CCOCC1)n1cnc2ccc(C(=O)O)cc21. The number of fused-ring (bicyclic) bond motifs is 1. The second-order valence-electron chi connectivity index (χ2n) is 5.42. The zero-order valence-electron chi connectivity index (χ0n) is 12.0. The number of morpholine rings is 1. The number of rotatable bonds is 4. The van der Waals surface area contributed by atoms with Crippen LogP contribution in [-0.2, 0) is 4.74 Å². The number of aromatic carboxylic acids is 1. The highest BCUT2D eigenvalue weighted by molar-refractivity contribution is 5.92. The fourth-order valence-corrected chi connectivity index (χ4v) is 2.76. The van der Waals surface area contributed by atoms with Crippen LogP contribution in [0.1, 0.15) is 23.3 Å². The van der Waals surface area contributed by atoms with Gasteiger partial charge in [0.25, 0.3) is 0 Å². The lowest BCUT2D eigenvalue weighted by molar-refractivity contribution is 0.0327. The zero-order chi connectivity index (χ0) is 14.8. The Bertz CT molecular complexity index is 647. The van der Waals surface area contributed by atoms with Crippen molar-refractivity contribution in [2.45, 2.75) is 13.0 Å². The van der Waals surface area contributed by atoms with E-state index in [2.05, 4.69) is 21.4 Å². The van der Waals surface area contributed by atoms with Crippen molar-refractivity contribution in [1.29, 1.82) is 0 Å². The van der Waals surface area contributed by atoms with E-state index in [1.54, 1.807) is 24.5 Å². The molecule has 1 atom stereocenters. The first-order valence-corrected chi connectivity index (χ1v) is 7.15. The van der Waals surface area contributed by atoms with Gasteiger partial charge in [-0.25, -0.2) is 9.78 Å². The van der Waals surface area contributed by atoms with Gasteiger partial charge in [0.2, 0.25) is 0 Å². The topological polar surface area (TPSA) is 67.6 Å². The normalized spacial score (nSPS) is 18.0. The Labute approximate surface area is 122 Å². The molecule has 1 saturated heterocycles. The summed E-state index contributed by atoms with van der Waals surface area (Å²) in [6, 6.07) is 5.28. The molecule has 0 aliphatic carbocycles. The number of carboxylic acid groups (broad SMARTS) is 1. The quantitative estimate of drug-likeness (QED) is 0.926. The summed E-state index contributed by atoms with van der Waals surface area (Å²) in [6.07, 6.45) is 1.79. The predicted octanol–water partition coefficient (Wildman–Crippen LogP) is 1.63. The number of imidazole rings is 1. The highest BCUT2D eigenvalue weighted by atomic mass is 16.5. The van der Waals surface area contributed by atoms with Gasteiger partial charge >= 0.3 is 5.97 Å². The summed E-state index contributed by atoms with van der Waals surface area (Å²) in [5.74, 6) is -0.912. The minimum atomic E-state index is -0.912. The molecule has 21 heavy (non-hydrogen) atoms. The number of ether oxygens (including phenoxy) is 1. The summed E-state index contributed by atoms with van der Waals surface area (Å²) in [7, 11) is 0. The van der Waals surface area contributed by atoms with E-state index in [9.17, 15) is 4.79 Å². The molecule has 0 bridgehead atoms. The second kappa shape index (κ2) is 5.83. The van der Waals surface area contributed by atoms with Gasteiger partial charge in [0.05, 0.1) is 36.1 Å². The van der Waals surface area contributed by atoms with Gasteiger partial charge in [-0.05, 0) is 25.1 Å². The van der Waals surface area contributed by atoms with Crippen molar-refractivity contribution in [2.24, 2.45) is 0 Å². The third-order valence-corrected chi connectivity index (χ3v) is 3.92. The van der Waals surface area contributed by atoms with Gasteiger partial charge in [0, 0.05) is 25.7 Å². The average Bonchev–Trinajstić information content (AvgIpc) is 2.91. The summed E-state index contributed by atoms with van der Waals surface area (Å²) in [4.78, 5) is 17.8. The van der Waals surface area contributed by atoms with Gasteiger partial charge in [-0.1, -0.05) is 0 Å². The van der Waals surface area contributed by atoms with E-state index in [1.807, 2.05) is 0 Å². The Hall–Kier alpha value is -1.92. The van der Waals surface area contributed by atoms with E-state index in [0.717, 1.165) is 43.9 Å². The molecule has 1 unspecified atom stereocenters. The first-order valence-electron chi connectivity index (χ1n) is 7.15. The molecule has 6 nitrogen and oxygen atoms in total. The van der Waals surface area contributed by atoms with Crippen LogP contribution in [0.15, 0.2) is 24.5 Å². The van der Waals surface area contributed by atoms with Gasteiger partial charge in [0.1, 0.15) is 0 Å². The Balaban J connectivity index is 1.84. The maximum atomic E-state index is 11.1. The number of hydrogen-bond donors (Lipinski definition) is 1. The molecule has 3 rings (SSSR count). The molecule has 1 aromatic heterocycles. The molecule has 6 heteroatoms. The van der Waals surface area contributed by atoms with Crippen LogP contribution in [0.25, 0.3) is 11.0 Å². The Morgan fingerprint density at radius 2 is 2.19 bits per heavy atom. The minimum absolute atomic E-state index is 0.233. The molecule has 0 saturated carbocycles. The highest BCUT2D eigenvalue weighted by Crippen LogP contribution is 2.20. The molecular weight excluding hydrogens is 270 g/mol. The summed E-state index contributed by atoms with van der Waals surface area (Å²) in [6.45, 7) is 6.48. The van der Waals surface area contributed by atoms with Crippen molar-refractivity contribution < 1.29 is 14.6 Å². The van der Waals surface area contributed by atoms with Crippen molar-refractivity contribution in [3.63, 3.8) is 0 Å². The lowest BCUT2D eigenvalue weighted by atomic mass is 10.2. The highest BCUT2D eigenvalue weighted by Gasteiger charge is 2.17. The van der Waals surface area contributed by atoms with Crippen molar-refractivity contribution in [2.75, 3.05) is 32.8 Å². The fraction of sp³-hybridized carbons (Fsp3) is 0.467. The summed E-state index contributed by atoms with van der Waals surface area (Å²) >= 11 is 0. The molecule has 2 heterocycles. The van der Waals surface area contributed by atoms with Gasteiger partial charge in [0.15, 0.2) is 0 Å². The van der Waals surface area contributed by atoms with E-state index < -0.39 is 5.97 Å². The molecule has 1 N–H and O–H groups in total. The third-order valence-electron chi connectivity index (χ3n) is 3.92. The van der Waals surface area contributed by atoms with Crippen molar-refractivity contribution >= 4 is 17.0 Å². The molecule has 0 amide bonds. The van der Waals surface area contributed by atoms with Gasteiger partial charge < -0.3 is 14.4 Å². The number of nitrogens with zero attached hydrogens (tertiary/aromatic N) is 3. The van der Waals surface area contributed by atoms with Crippen LogP contribution in [0.2, 0.25) is 0 Å². The fourth-order valence-electron chi connectivity index (χ4n) is 2.76. The molecule has 0 spiro atoms. The van der Waals surface area contributed by atoms with E-state index in [1.165, 1.54) is 0 Å². The van der Waals surface area contributed by atoms with Crippen LogP contribution in [0.4, 0.5) is 0 Å². The monoisotopic (exact) mass is 289 g/mol. The van der Waals surface area contributed by atoms with Gasteiger partial charge in [-0.3, -0.25) is 4.90 Å². The van der Waals surface area contributed by atoms with Crippen LogP contribution < -0.4 is 0 Å². The summed E-state index contributed by atoms with van der Waals surface area (Å²) in [5.41, 5.74) is 1.99. The minimum Gasteiger partial charge on any atom is -0.478 e. The zero-order valence-corrected chi connectivity index (χ0v) is 12.0. The smallest absolute Gasteiger partial charge is 0.335 e. The first kappa shape index (κ1) is 14.0. The van der Waals surface area contributed by atoms with Crippen LogP contribution >= 0.6 is 0 Å². The second-order valence-corrected chi connectivity index (χ2v) is 5.42. The first-order chi connectivity index (χ1) is 10.1. The number of benzene rings is 1. The summed E-state index contributed by atoms with van der Waals surface area (Å²) < 4.78 is 7.41. The number of carboxylic acids is 1. The average molecular weight is 289 g/mol. The standard InChI is InChI=1S/C15H19N3O3/c1-11(9-17-4-6-21-7-5-17)18-10-16-13-3-2-12(15(19)20)8-14(13)18/h2-3,8,10-11H,4-7,9H2,1H3,(H,19,20). The van der Waals surface area contributed by atoms with Crippen LogP contribution in [-0.4, -0.2) is 58.4 Å². The molecule has 112 valence electrons. The van der Waals surface area contributed by atoms with E-state index in [4.69, 9.17) is 9.84 Å². The molecule has 2 aromatic rings. The molecule has 1 aliphatic rings. The Morgan fingerprint density at radius 3 is 2.90 bits per heavy atom. The van der Waals surface area contributed by atoms with Crippen molar-refractivity contribution in [3.05, 3.63) is 30.1 Å². The molecule has 1 fully saturated rings. The third kappa shape index (κ3) is 2.91. The lowest BCUT2D eigenvalue weighted by Crippen LogP contribution is -2.39. The molecule has 1 aliphatic heterocycles. The Morgan fingerprint density at radius 1 is 1.43 bits per heavy atom. The number of aromatic nitrogens is 2. The number of hydrogen-bond acceptors (Lipinski definition) is 4. The number of carbonyl (C=O) groups is 1. The lowest BCUT2D eigenvalue weighted by Gasteiger charge is -2.29. The molecular formula is C15H19N3O3. The van der Waals surface area contributed by atoms with Gasteiger partial charge in [-0.15, -0.1) is 0 Å². The predicted molar refractivity (Wildman–Crippen MR) is 78.7 cm³/mol. The van der Waals surface area contributed by atoms with Crippen LogP contribution in [0, 0.1) is 0 Å². The van der Waals surface area contributed by atoms with E-state index >= 15 is 0 Å². The maximum Gasteiger partial charge on any atom is 0.335 e. The van der Waals surface area contributed by atoms with Crippen molar-refractivity contribution in [1.82, 2.24) is 14.5 Å². The van der Waals surface area contributed by atoms with E-state index in [0.29, 0.717) is 5.56 Å². The van der Waals surface area contributed by atoms with E-state index in [-0.39, 0.29) is 6.04 Å². The largest absolute Gasteiger partial charge is 0.478 e. The maximum absolute atomic E-state index is 11.1. The van der Waals surface area contributed by atoms with Crippen LogP contribution in [0.3, 0.4) is 0 Å².